The molecule has 4 nitrogen and oxygen atoms in total. The van der Waals surface area contributed by atoms with Gasteiger partial charge in [0, 0.05) is 0 Å². The number of carbonyl (C=O) groups excluding carboxylic acids is 1. The predicted octanol–water partition coefficient (Wildman–Crippen LogP) is 8.09. The second-order valence-electron chi connectivity index (χ2n) is 12.0. The molecule has 0 saturated carbocycles. The summed E-state index contributed by atoms with van der Waals surface area (Å²) in [6.45, 7) is 6.71. The zero-order valence-corrected chi connectivity index (χ0v) is 26.9. The Morgan fingerprint density at radius 2 is 1.30 bits per heavy atom. The van der Waals surface area contributed by atoms with E-state index in [0.29, 0.717) is 5.56 Å². The van der Waals surface area contributed by atoms with Crippen LogP contribution < -0.4 is 13.8 Å². The third-order valence-electron chi connectivity index (χ3n) is 8.16. The molecule has 0 aliphatic carbocycles. The SMILES string of the molecule is COC(=O)c1ccc(-c2cc(-c3ccc(C(C)(C)C)cc3)c3cccc(N4c5ccccc5[Se]c5ccccc54)c3n2)cc1. The maximum absolute atomic E-state index is 12.2. The van der Waals surface area contributed by atoms with Crippen LogP contribution in [-0.4, -0.2) is 33.0 Å². The number of hydrogen-bond acceptors (Lipinski definition) is 4. The van der Waals surface area contributed by atoms with Gasteiger partial charge in [-0.3, -0.25) is 0 Å². The summed E-state index contributed by atoms with van der Waals surface area (Å²) in [4.78, 5) is 19.9. The summed E-state index contributed by atoms with van der Waals surface area (Å²) in [6.07, 6.45) is 0. The van der Waals surface area contributed by atoms with Gasteiger partial charge in [-0.15, -0.1) is 0 Å². The van der Waals surface area contributed by atoms with E-state index >= 15 is 0 Å². The van der Waals surface area contributed by atoms with E-state index in [4.69, 9.17) is 9.72 Å². The molecule has 44 heavy (non-hydrogen) atoms. The van der Waals surface area contributed by atoms with Crippen LogP contribution in [-0.2, 0) is 10.2 Å². The Morgan fingerprint density at radius 1 is 0.705 bits per heavy atom. The van der Waals surface area contributed by atoms with Crippen molar-refractivity contribution in [2.24, 2.45) is 0 Å². The predicted molar refractivity (Wildman–Crippen MR) is 182 cm³/mol. The molecule has 0 unspecified atom stereocenters. The number of para-hydroxylation sites is 3. The van der Waals surface area contributed by atoms with Crippen LogP contribution in [0.25, 0.3) is 33.3 Å². The Kier molecular flexibility index (Phi) is 7.08. The number of esters is 1. The van der Waals surface area contributed by atoms with Gasteiger partial charge in [0.05, 0.1) is 7.11 Å². The van der Waals surface area contributed by atoms with Crippen LogP contribution in [0.2, 0.25) is 0 Å². The zero-order chi connectivity index (χ0) is 30.4. The van der Waals surface area contributed by atoms with Crippen molar-refractivity contribution in [1.82, 2.24) is 4.98 Å². The number of ether oxygens (including phenoxy) is 1. The molecule has 0 atom stereocenters. The topological polar surface area (TPSA) is 42.4 Å². The van der Waals surface area contributed by atoms with E-state index in [1.807, 2.05) is 12.1 Å². The maximum atomic E-state index is 12.2. The van der Waals surface area contributed by atoms with Crippen molar-refractivity contribution < 1.29 is 9.53 Å². The normalized spacial score (nSPS) is 12.5. The van der Waals surface area contributed by atoms with Crippen LogP contribution in [0.1, 0.15) is 36.7 Å². The van der Waals surface area contributed by atoms with Crippen molar-refractivity contribution in [3.05, 3.63) is 132 Å². The second-order valence-corrected chi connectivity index (χ2v) is 14.3. The first-order valence-electron chi connectivity index (χ1n) is 14.7. The van der Waals surface area contributed by atoms with E-state index in [-0.39, 0.29) is 26.3 Å². The van der Waals surface area contributed by atoms with Gasteiger partial charge < -0.3 is 4.74 Å². The summed E-state index contributed by atoms with van der Waals surface area (Å²) in [5.41, 5.74) is 10.3. The molecule has 2 heterocycles. The fraction of sp³-hybridized carbons (Fsp3) is 0.128. The standard InChI is InChI=1S/C39H32N2O2Se/c1-39(2,3)28-22-20-25(21-23-28)30-24-31(26-16-18-27(19-17-26)38(42)43-4)40-37-29(30)10-9-13-34(37)41-32-11-5-7-14-35(32)44-36-15-8-6-12-33(36)41/h5-24H,1-4H3. The summed E-state index contributed by atoms with van der Waals surface area (Å²) in [6, 6.07) is 42.5. The number of fused-ring (bicyclic) bond motifs is 3. The molecule has 1 aliphatic rings. The number of rotatable bonds is 4. The van der Waals surface area contributed by atoms with E-state index < -0.39 is 0 Å². The third-order valence-corrected chi connectivity index (χ3v) is 10.5. The molecule has 0 amide bonds. The van der Waals surface area contributed by atoms with Gasteiger partial charge in [0.15, 0.2) is 0 Å². The van der Waals surface area contributed by atoms with Crippen molar-refractivity contribution >= 4 is 57.8 Å². The van der Waals surface area contributed by atoms with Crippen LogP contribution in [0, 0.1) is 0 Å². The summed E-state index contributed by atoms with van der Waals surface area (Å²) >= 11 is 0.216. The van der Waals surface area contributed by atoms with Gasteiger partial charge in [-0.25, -0.2) is 4.79 Å². The van der Waals surface area contributed by atoms with Gasteiger partial charge >= 0.3 is 228 Å². The van der Waals surface area contributed by atoms with Gasteiger partial charge in [0.25, 0.3) is 0 Å². The van der Waals surface area contributed by atoms with Gasteiger partial charge in [0.1, 0.15) is 0 Å². The Bertz CT molecular complexity index is 1980. The summed E-state index contributed by atoms with van der Waals surface area (Å²) in [5.74, 6) is -0.353. The number of nitrogens with zero attached hydrogens (tertiary/aromatic N) is 2. The van der Waals surface area contributed by atoms with Gasteiger partial charge in [-0.2, -0.15) is 0 Å². The second kappa shape index (κ2) is 11.1. The summed E-state index contributed by atoms with van der Waals surface area (Å²) < 4.78 is 7.63. The van der Waals surface area contributed by atoms with Crippen molar-refractivity contribution in [3.8, 4) is 22.4 Å². The molecule has 1 aromatic heterocycles. The van der Waals surface area contributed by atoms with Crippen LogP contribution in [0.5, 0.6) is 0 Å². The average molecular weight is 640 g/mol. The average Bonchev–Trinajstić information content (AvgIpc) is 3.06. The Balaban J connectivity index is 1.49. The van der Waals surface area contributed by atoms with E-state index in [1.54, 1.807) is 12.1 Å². The number of anilines is 3. The number of aromatic nitrogens is 1. The Hall–Kier alpha value is -4.70. The number of methoxy groups -OCH3 is 1. The summed E-state index contributed by atoms with van der Waals surface area (Å²) in [5, 5.41) is 1.09. The third kappa shape index (κ3) is 4.98. The molecule has 1 aliphatic heterocycles. The molecule has 0 bridgehead atoms. The number of benzene rings is 5. The fourth-order valence-corrected chi connectivity index (χ4v) is 8.03. The van der Waals surface area contributed by atoms with E-state index in [1.165, 1.54) is 33.0 Å². The fourth-order valence-electron chi connectivity index (χ4n) is 5.81. The first kappa shape index (κ1) is 28.1. The first-order valence-corrected chi connectivity index (χ1v) is 16.4. The molecule has 0 spiro atoms. The van der Waals surface area contributed by atoms with Crippen molar-refractivity contribution in [2.45, 2.75) is 26.2 Å². The van der Waals surface area contributed by atoms with E-state index in [2.05, 4.69) is 123 Å². The molecule has 7 rings (SSSR count). The van der Waals surface area contributed by atoms with Crippen molar-refractivity contribution in [2.75, 3.05) is 12.0 Å². The molecule has 216 valence electrons. The molecule has 0 N–H and O–H groups in total. The minimum atomic E-state index is -0.353. The molecule has 0 saturated heterocycles. The Morgan fingerprint density at radius 3 is 1.91 bits per heavy atom. The van der Waals surface area contributed by atoms with Crippen LogP contribution in [0.15, 0.2) is 121 Å². The molecular weight excluding hydrogens is 607 g/mol. The zero-order valence-electron chi connectivity index (χ0n) is 25.2. The Labute approximate surface area is 264 Å². The summed E-state index contributed by atoms with van der Waals surface area (Å²) in [7, 11) is 1.40. The number of carbonyl (C=O) groups is 1. The first-order chi connectivity index (χ1) is 21.3. The molecule has 6 aromatic rings. The molecular formula is C39H32N2O2Se. The number of pyridine rings is 1. The van der Waals surface area contributed by atoms with Crippen LogP contribution >= 0.6 is 0 Å². The van der Waals surface area contributed by atoms with Gasteiger partial charge in [-0.1, -0.05) is 20.8 Å². The van der Waals surface area contributed by atoms with Crippen LogP contribution in [0.3, 0.4) is 0 Å². The molecule has 5 aromatic carbocycles. The van der Waals surface area contributed by atoms with Crippen LogP contribution in [0.4, 0.5) is 17.1 Å². The molecule has 5 heteroatoms. The monoisotopic (exact) mass is 640 g/mol. The molecule has 0 radical (unpaired) electrons. The van der Waals surface area contributed by atoms with Gasteiger partial charge in [0.2, 0.25) is 0 Å². The van der Waals surface area contributed by atoms with Crippen molar-refractivity contribution in [1.29, 1.82) is 0 Å². The van der Waals surface area contributed by atoms with E-state index in [9.17, 15) is 4.79 Å². The van der Waals surface area contributed by atoms with Gasteiger partial charge in [-0.05, 0) is 0 Å². The minimum absolute atomic E-state index is 0.0646. The van der Waals surface area contributed by atoms with E-state index in [0.717, 1.165) is 39.0 Å². The quantitative estimate of drug-likeness (QED) is 0.144. The van der Waals surface area contributed by atoms with Crippen molar-refractivity contribution in [3.63, 3.8) is 0 Å². The number of hydrogen-bond donors (Lipinski definition) is 0. The molecule has 0 fully saturated rings.